The molecule has 1 aromatic heterocycles. The van der Waals surface area contributed by atoms with Gasteiger partial charge in [0, 0.05) is 11.3 Å². The largest absolute Gasteiger partial charge is 0.492 e. The second kappa shape index (κ2) is 8.14. The summed E-state index contributed by atoms with van der Waals surface area (Å²) in [7, 11) is 0. The van der Waals surface area contributed by atoms with Crippen LogP contribution in [0.5, 0.6) is 5.75 Å². The van der Waals surface area contributed by atoms with Crippen molar-refractivity contribution >= 4 is 45.5 Å². The van der Waals surface area contributed by atoms with Crippen molar-refractivity contribution in [3.63, 3.8) is 0 Å². The highest BCUT2D eigenvalue weighted by atomic mass is 35.5. The molecule has 0 atom stereocenters. The maximum atomic E-state index is 5.56. The molecule has 0 spiro atoms. The monoisotopic (exact) mass is 327 g/mol. The van der Waals surface area contributed by atoms with Gasteiger partial charge in [0.05, 0.1) is 12.3 Å². The number of benzene rings is 1. The Kier molecular flexibility index (Phi) is 6.17. The standard InChI is InChI=1S/C13H14ClN3OS2/c1-2-18-11-7-4-3-6-10(11)15-12-16-17-13(20-12)19-9-5-8-14/h3-8H,2,9H2,1H3,(H,15,16)/b8-5+. The number of ether oxygens (including phenoxy) is 1. The first-order valence-corrected chi connectivity index (χ1v) is 8.27. The second-order valence-electron chi connectivity index (χ2n) is 3.60. The van der Waals surface area contributed by atoms with Crippen molar-refractivity contribution in [1.82, 2.24) is 10.2 Å². The van der Waals surface area contributed by atoms with E-state index in [9.17, 15) is 0 Å². The smallest absolute Gasteiger partial charge is 0.210 e. The summed E-state index contributed by atoms with van der Waals surface area (Å²) in [4.78, 5) is 0. The van der Waals surface area contributed by atoms with Crippen LogP contribution in [0.2, 0.25) is 0 Å². The third-order valence-electron chi connectivity index (χ3n) is 2.23. The molecule has 1 aromatic carbocycles. The maximum absolute atomic E-state index is 5.56. The lowest BCUT2D eigenvalue weighted by Gasteiger charge is -2.09. The first kappa shape index (κ1) is 15.2. The van der Waals surface area contributed by atoms with E-state index in [-0.39, 0.29) is 0 Å². The van der Waals surface area contributed by atoms with Gasteiger partial charge < -0.3 is 10.1 Å². The van der Waals surface area contributed by atoms with Crippen LogP contribution in [0, 0.1) is 0 Å². The Morgan fingerprint density at radius 3 is 3.05 bits per heavy atom. The van der Waals surface area contributed by atoms with Gasteiger partial charge >= 0.3 is 0 Å². The number of aromatic nitrogens is 2. The van der Waals surface area contributed by atoms with Crippen LogP contribution in [0.3, 0.4) is 0 Å². The van der Waals surface area contributed by atoms with E-state index in [0.717, 1.165) is 26.7 Å². The van der Waals surface area contributed by atoms with Crippen LogP contribution >= 0.6 is 34.7 Å². The molecule has 7 heteroatoms. The topological polar surface area (TPSA) is 47.0 Å². The Morgan fingerprint density at radius 2 is 2.25 bits per heavy atom. The van der Waals surface area contributed by atoms with Gasteiger partial charge in [-0.05, 0) is 19.1 Å². The Balaban J connectivity index is 2.03. The minimum atomic E-state index is 0.626. The van der Waals surface area contributed by atoms with Crippen molar-refractivity contribution in [3.8, 4) is 5.75 Å². The van der Waals surface area contributed by atoms with E-state index >= 15 is 0 Å². The molecular weight excluding hydrogens is 314 g/mol. The van der Waals surface area contributed by atoms with E-state index in [1.807, 2.05) is 37.3 Å². The number of para-hydroxylation sites is 2. The summed E-state index contributed by atoms with van der Waals surface area (Å²) in [6.45, 7) is 2.58. The number of hydrogen-bond acceptors (Lipinski definition) is 6. The molecule has 20 heavy (non-hydrogen) atoms. The fraction of sp³-hybridized carbons (Fsp3) is 0.231. The molecule has 1 heterocycles. The summed E-state index contributed by atoms with van der Waals surface area (Å²) >= 11 is 8.57. The van der Waals surface area contributed by atoms with Crippen LogP contribution < -0.4 is 10.1 Å². The van der Waals surface area contributed by atoms with Crippen molar-refractivity contribution in [1.29, 1.82) is 0 Å². The Bertz CT molecular complexity index is 574. The zero-order valence-corrected chi connectivity index (χ0v) is 13.3. The molecular formula is C13H14ClN3OS2. The maximum Gasteiger partial charge on any atom is 0.210 e. The summed E-state index contributed by atoms with van der Waals surface area (Å²) in [6.07, 6.45) is 1.87. The van der Waals surface area contributed by atoms with E-state index in [1.165, 1.54) is 16.9 Å². The highest BCUT2D eigenvalue weighted by molar-refractivity contribution is 8.01. The Hall–Kier alpha value is -1.24. The lowest BCUT2D eigenvalue weighted by Crippen LogP contribution is -1.97. The molecule has 0 saturated carbocycles. The average Bonchev–Trinajstić information content (AvgIpc) is 2.89. The summed E-state index contributed by atoms with van der Waals surface area (Å²) in [6, 6.07) is 7.77. The first-order valence-electron chi connectivity index (χ1n) is 6.04. The predicted octanol–water partition coefficient (Wildman–Crippen LogP) is 4.53. The van der Waals surface area contributed by atoms with Crippen molar-refractivity contribution < 1.29 is 4.74 Å². The van der Waals surface area contributed by atoms with Gasteiger partial charge in [0.1, 0.15) is 5.75 Å². The van der Waals surface area contributed by atoms with Gasteiger partial charge in [-0.2, -0.15) is 0 Å². The van der Waals surface area contributed by atoms with Crippen molar-refractivity contribution in [2.45, 2.75) is 11.3 Å². The average molecular weight is 328 g/mol. The zero-order valence-electron chi connectivity index (χ0n) is 10.9. The highest BCUT2D eigenvalue weighted by Crippen LogP contribution is 2.31. The van der Waals surface area contributed by atoms with Crippen molar-refractivity contribution in [2.75, 3.05) is 17.7 Å². The molecule has 0 radical (unpaired) electrons. The number of halogens is 1. The van der Waals surface area contributed by atoms with Gasteiger partial charge in [-0.15, -0.1) is 10.2 Å². The Labute approximate surface area is 131 Å². The van der Waals surface area contributed by atoms with Gasteiger partial charge in [0.2, 0.25) is 5.13 Å². The van der Waals surface area contributed by atoms with Gasteiger partial charge in [-0.1, -0.05) is 52.9 Å². The van der Waals surface area contributed by atoms with Crippen molar-refractivity contribution in [2.24, 2.45) is 0 Å². The van der Waals surface area contributed by atoms with E-state index in [0.29, 0.717) is 6.61 Å². The molecule has 0 aliphatic rings. The van der Waals surface area contributed by atoms with Crippen LogP contribution in [0.1, 0.15) is 6.92 Å². The molecule has 0 unspecified atom stereocenters. The minimum absolute atomic E-state index is 0.626. The van der Waals surface area contributed by atoms with Gasteiger partial charge in [-0.3, -0.25) is 0 Å². The van der Waals surface area contributed by atoms with E-state index in [1.54, 1.807) is 11.8 Å². The summed E-state index contributed by atoms with van der Waals surface area (Å²) in [5.41, 5.74) is 2.40. The lowest BCUT2D eigenvalue weighted by atomic mass is 10.3. The molecule has 0 fully saturated rings. The molecule has 0 amide bonds. The fourth-order valence-corrected chi connectivity index (χ4v) is 3.24. The highest BCUT2D eigenvalue weighted by Gasteiger charge is 2.07. The van der Waals surface area contributed by atoms with Crippen LogP contribution in [0.25, 0.3) is 0 Å². The zero-order chi connectivity index (χ0) is 14.2. The van der Waals surface area contributed by atoms with E-state index in [4.69, 9.17) is 16.3 Å². The number of nitrogens with one attached hydrogen (secondary N) is 1. The molecule has 0 saturated heterocycles. The second-order valence-corrected chi connectivity index (χ2v) is 6.10. The van der Waals surface area contributed by atoms with E-state index in [2.05, 4.69) is 15.5 Å². The fourth-order valence-electron chi connectivity index (χ4n) is 1.44. The lowest BCUT2D eigenvalue weighted by molar-refractivity contribution is 0.342. The van der Waals surface area contributed by atoms with Crippen molar-refractivity contribution in [3.05, 3.63) is 35.9 Å². The van der Waals surface area contributed by atoms with Crippen LogP contribution in [0.4, 0.5) is 10.8 Å². The molecule has 0 aliphatic heterocycles. The summed E-state index contributed by atoms with van der Waals surface area (Å²) in [5, 5.41) is 12.2. The molecule has 106 valence electrons. The van der Waals surface area contributed by atoms with Gasteiger partial charge in [-0.25, -0.2) is 0 Å². The van der Waals surface area contributed by atoms with E-state index < -0.39 is 0 Å². The van der Waals surface area contributed by atoms with Gasteiger partial charge in [0.25, 0.3) is 0 Å². The molecule has 2 rings (SSSR count). The Morgan fingerprint density at radius 1 is 1.40 bits per heavy atom. The first-order chi connectivity index (χ1) is 9.83. The number of rotatable bonds is 7. The van der Waals surface area contributed by atoms with Crippen LogP contribution in [-0.2, 0) is 0 Å². The molecule has 1 N–H and O–H groups in total. The molecule has 0 bridgehead atoms. The van der Waals surface area contributed by atoms with Crippen LogP contribution in [0.15, 0.2) is 40.2 Å². The molecule has 2 aromatic rings. The van der Waals surface area contributed by atoms with Crippen LogP contribution in [-0.4, -0.2) is 22.6 Å². The summed E-state index contributed by atoms with van der Waals surface area (Å²) in [5.74, 6) is 1.60. The quantitative estimate of drug-likeness (QED) is 0.757. The molecule has 0 aliphatic carbocycles. The number of thioether (sulfide) groups is 1. The third kappa shape index (κ3) is 4.40. The normalized spacial score (nSPS) is 10.9. The molecule has 4 nitrogen and oxygen atoms in total. The third-order valence-corrected chi connectivity index (χ3v) is 4.33. The predicted molar refractivity (Wildman–Crippen MR) is 86.5 cm³/mol. The SMILES string of the molecule is CCOc1ccccc1Nc1nnc(SC/C=C/Cl)s1. The van der Waals surface area contributed by atoms with Gasteiger partial charge in [0.15, 0.2) is 4.34 Å². The minimum Gasteiger partial charge on any atom is -0.492 e. The number of anilines is 2. The number of nitrogens with zero attached hydrogens (tertiary/aromatic N) is 2. The number of hydrogen-bond donors (Lipinski definition) is 1. The summed E-state index contributed by atoms with van der Waals surface area (Å²) < 4.78 is 6.46.